The number of anilines is 1. The number of hydrogen-bond donors (Lipinski definition) is 1. The van der Waals surface area contributed by atoms with Gasteiger partial charge in [0.15, 0.2) is 0 Å². The van der Waals surface area contributed by atoms with Crippen molar-refractivity contribution in [1.82, 2.24) is 9.78 Å². The summed E-state index contributed by atoms with van der Waals surface area (Å²) in [5.74, 6) is 0. The largest absolute Gasteiger partial charge is 0.379 e. The van der Waals surface area contributed by atoms with E-state index in [4.69, 9.17) is 4.74 Å². The summed E-state index contributed by atoms with van der Waals surface area (Å²) < 4.78 is 7.83. The van der Waals surface area contributed by atoms with Gasteiger partial charge in [0, 0.05) is 19.7 Å². The van der Waals surface area contributed by atoms with Crippen molar-refractivity contribution < 1.29 is 4.74 Å². The van der Waals surface area contributed by atoms with Crippen molar-refractivity contribution in [1.29, 1.82) is 0 Å². The molecule has 1 fully saturated rings. The molecule has 0 saturated carbocycles. The van der Waals surface area contributed by atoms with Crippen LogP contribution in [0, 0.1) is 13.8 Å². The van der Waals surface area contributed by atoms with Gasteiger partial charge < -0.3 is 10.1 Å². The fourth-order valence-electron chi connectivity index (χ4n) is 2.69. The minimum absolute atomic E-state index is 0.0277. The highest BCUT2D eigenvalue weighted by Gasteiger charge is 2.32. The molecule has 2 rings (SSSR count). The van der Waals surface area contributed by atoms with Crippen LogP contribution in [0.25, 0.3) is 0 Å². The second-order valence-electron chi connectivity index (χ2n) is 5.66. The summed E-state index contributed by atoms with van der Waals surface area (Å²) in [5.41, 5.74) is 3.51. The molecule has 1 N–H and O–H groups in total. The Morgan fingerprint density at radius 2 is 2.22 bits per heavy atom. The average Bonchev–Trinajstić information content (AvgIpc) is 2.56. The molecule has 0 spiro atoms. The summed E-state index contributed by atoms with van der Waals surface area (Å²) in [5, 5.41) is 8.12. The van der Waals surface area contributed by atoms with Gasteiger partial charge in [-0.3, -0.25) is 4.68 Å². The van der Waals surface area contributed by atoms with E-state index in [0.717, 1.165) is 31.6 Å². The van der Waals surface area contributed by atoms with Crippen LogP contribution in [-0.4, -0.2) is 28.0 Å². The Morgan fingerprint density at radius 1 is 1.50 bits per heavy atom. The highest BCUT2D eigenvalue weighted by atomic mass is 16.5. The SMILES string of the molecule is CCC1(C)CC(Nc2c(C)nn(C)c2C)CCO1. The van der Waals surface area contributed by atoms with Gasteiger partial charge in [-0.05, 0) is 40.0 Å². The zero-order chi connectivity index (χ0) is 13.3. The maximum absolute atomic E-state index is 5.89. The number of aryl methyl sites for hydroxylation is 2. The third-order valence-corrected chi connectivity index (χ3v) is 4.20. The van der Waals surface area contributed by atoms with Gasteiger partial charge in [0.05, 0.1) is 22.7 Å². The van der Waals surface area contributed by atoms with E-state index in [1.807, 2.05) is 11.7 Å². The normalized spacial score (nSPS) is 28.4. The summed E-state index contributed by atoms with van der Waals surface area (Å²) >= 11 is 0. The Hall–Kier alpha value is -1.03. The quantitative estimate of drug-likeness (QED) is 0.898. The number of rotatable bonds is 3. The predicted octanol–water partition coefficient (Wildman–Crippen LogP) is 2.80. The van der Waals surface area contributed by atoms with Gasteiger partial charge in [-0.1, -0.05) is 6.92 Å². The average molecular weight is 251 g/mol. The summed E-state index contributed by atoms with van der Waals surface area (Å²) in [6.45, 7) is 9.43. The Morgan fingerprint density at radius 3 is 2.78 bits per heavy atom. The van der Waals surface area contributed by atoms with Gasteiger partial charge >= 0.3 is 0 Å². The highest BCUT2D eigenvalue weighted by Crippen LogP contribution is 2.30. The van der Waals surface area contributed by atoms with Crippen LogP contribution in [0.15, 0.2) is 0 Å². The Balaban J connectivity index is 2.09. The molecule has 2 heterocycles. The van der Waals surface area contributed by atoms with Gasteiger partial charge in [-0.25, -0.2) is 0 Å². The van der Waals surface area contributed by atoms with Crippen LogP contribution in [0.1, 0.15) is 44.5 Å². The first-order chi connectivity index (χ1) is 8.45. The molecule has 0 aromatic carbocycles. The lowest BCUT2D eigenvalue weighted by molar-refractivity contribution is -0.0709. The molecule has 1 aromatic heterocycles. The van der Waals surface area contributed by atoms with Crippen LogP contribution in [-0.2, 0) is 11.8 Å². The second kappa shape index (κ2) is 4.92. The van der Waals surface area contributed by atoms with Crippen LogP contribution in [0.5, 0.6) is 0 Å². The topological polar surface area (TPSA) is 39.1 Å². The standard InChI is InChI=1S/C14H25N3O/c1-6-14(4)9-12(7-8-18-14)15-13-10(2)16-17(5)11(13)3/h12,15H,6-9H2,1-5H3. The van der Waals surface area contributed by atoms with E-state index in [9.17, 15) is 0 Å². The molecule has 1 aliphatic rings. The molecule has 2 atom stereocenters. The van der Waals surface area contributed by atoms with E-state index in [2.05, 4.69) is 38.1 Å². The molecule has 1 saturated heterocycles. The monoisotopic (exact) mass is 251 g/mol. The van der Waals surface area contributed by atoms with Gasteiger partial charge in [0.2, 0.25) is 0 Å². The molecule has 1 aliphatic heterocycles. The van der Waals surface area contributed by atoms with Crippen LogP contribution in [0.3, 0.4) is 0 Å². The van der Waals surface area contributed by atoms with Crippen molar-refractivity contribution in [2.45, 2.75) is 58.6 Å². The lowest BCUT2D eigenvalue weighted by Gasteiger charge is -2.38. The van der Waals surface area contributed by atoms with Crippen molar-refractivity contribution in [3.05, 3.63) is 11.4 Å². The molecule has 0 amide bonds. The van der Waals surface area contributed by atoms with Crippen molar-refractivity contribution >= 4 is 5.69 Å². The molecule has 0 aliphatic carbocycles. The smallest absolute Gasteiger partial charge is 0.0827 e. The van der Waals surface area contributed by atoms with E-state index in [-0.39, 0.29) is 5.60 Å². The third-order valence-electron chi connectivity index (χ3n) is 4.20. The molecular weight excluding hydrogens is 226 g/mol. The molecule has 18 heavy (non-hydrogen) atoms. The molecule has 1 aromatic rings. The van der Waals surface area contributed by atoms with Crippen molar-refractivity contribution in [2.75, 3.05) is 11.9 Å². The number of aromatic nitrogens is 2. The summed E-state index contributed by atoms with van der Waals surface area (Å²) in [6, 6.07) is 0.491. The number of hydrogen-bond acceptors (Lipinski definition) is 3. The molecular formula is C14H25N3O. The lowest BCUT2D eigenvalue weighted by Crippen LogP contribution is -2.42. The Kier molecular flexibility index (Phi) is 3.66. The Bertz CT molecular complexity index is 427. The fraction of sp³-hybridized carbons (Fsp3) is 0.786. The second-order valence-corrected chi connectivity index (χ2v) is 5.66. The van der Waals surface area contributed by atoms with E-state index >= 15 is 0 Å². The Labute approximate surface area is 110 Å². The van der Waals surface area contributed by atoms with Crippen LogP contribution < -0.4 is 5.32 Å². The predicted molar refractivity (Wildman–Crippen MR) is 74.0 cm³/mol. The number of nitrogens with one attached hydrogen (secondary N) is 1. The van der Waals surface area contributed by atoms with Crippen molar-refractivity contribution in [3.8, 4) is 0 Å². The summed E-state index contributed by atoms with van der Waals surface area (Å²) in [7, 11) is 1.99. The number of nitrogens with zero attached hydrogens (tertiary/aromatic N) is 2. The molecule has 4 nitrogen and oxygen atoms in total. The van der Waals surface area contributed by atoms with Crippen LogP contribution in [0.2, 0.25) is 0 Å². The van der Waals surface area contributed by atoms with Gasteiger partial charge in [-0.15, -0.1) is 0 Å². The first-order valence-corrected chi connectivity index (χ1v) is 6.86. The zero-order valence-electron chi connectivity index (χ0n) is 12.2. The van der Waals surface area contributed by atoms with E-state index in [1.165, 1.54) is 11.4 Å². The maximum atomic E-state index is 5.89. The minimum atomic E-state index is 0.0277. The minimum Gasteiger partial charge on any atom is -0.379 e. The lowest BCUT2D eigenvalue weighted by atomic mass is 9.90. The van der Waals surface area contributed by atoms with E-state index in [0.29, 0.717) is 6.04 Å². The summed E-state index contributed by atoms with van der Waals surface area (Å²) in [6.07, 6.45) is 3.21. The fourth-order valence-corrected chi connectivity index (χ4v) is 2.69. The molecule has 0 radical (unpaired) electrons. The highest BCUT2D eigenvalue weighted by molar-refractivity contribution is 5.52. The number of ether oxygens (including phenoxy) is 1. The zero-order valence-corrected chi connectivity index (χ0v) is 12.2. The van der Waals surface area contributed by atoms with Crippen LogP contribution >= 0.6 is 0 Å². The van der Waals surface area contributed by atoms with Crippen molar-refractivity contribution in [3.63, 3.8) is 0 Å². The third kappa shape index (κ3) is 2.53. The first kappa shape index (κ1) is 13.4. The van der Waals surface area contributed by atoms with Crippen LogP contribution in [0.4, 0.5) is 5.69 Å². The van der Waals surface area contributed by atoms with E-state index in [1.54, 1.807) is 0 Å². The molecule has 102 valence electrons. The van der Waals surface area contributed by atoms with Crippen molar-refractivity contribution in [2.24, 2.45) is 7.05 Å². The van der Waals surface area contributed by atoms with E-state index < -0.39 is 0 Å². The van der Waals surface area contributed by atoms with Gasteiger partial charge in [0.25, 0.3) is 0 Å². The van der Waals surface area contributed by atoms with Gasteiger partial charge in [-0.2, -0.15) is 5.10 Å². The summed E-state index contributed by atoms with van der Waals surface area (Å²) in [4.78, 5) is 0. The maximum Gasteiger partial charge on any atom is 0.0827 e. The van der Waals surface area contributed by atoms with Gasteiger partial charge in [0.1, 0.15) is 0 Å². The molecule has 0 bridgehead atoms. The first-order valence-electron chi connectivity index (χ1n) is 6.86. The molecule has 4 heteroatoms. The molecule has 2 unspecified atom stereocenters.